The molecule has 0 fully saturated rings. The summed E-state index contributed by atoms with van der Waals surface area (Å²) >= 11 is 0. The molecule has 0 aliphatic rings. The van der Waals surface area contributed by atoms with Crippen molar-refractivity contribution >= 4 is 17.3 Å². The molecule has 0 heterocycles. The SMILES string of the molecule is O=NN(C(=O)CON=Nc1ccccc1)c1ccccc1. The summed E-state index contributed by atoms with van der Waals surface area (Å²) in [5, 5.41) is 10.6. The highest BCUT2D eigenvalue weighted by Crippen LogP contribution is 2.14. The van der Waals surface area contributed by atoms with E-state index in [2.05, 4.69) is 15.7 Å². The van der Waals surface area contributed by atoms with Crippen molar-refractivity contribution in [2.24, 2.45) is 15.7 Å². The number of nitrogens with zero attached hydrogens (tertiary/aromatic N) is 4. The Hall–Kier alpha value is -3.09. The fraction of sp³-hybridized carbons (Fsp3) is 0.0714. The van der Waals surface area contributed by atoms with Crippen molar-refractivity contribution in [1.29, 1.82) is 0 Å². The van der Waals surface area contributed by atoms with E-state index in [9.17, 15) is 9.70 Å². The van der Waals surface area contributed by atoms with Crippen molar-refractivity contribution in [3.05, 3.63) is 65.6 Å². The molecule has 0 aromatic heterocycles. The quantitative estimate of drug-likeness (QED) is 0.463. The summed E-state index contributed by atoms with van der Waals surface area (Å²) < 4.78 is 0. The normalized spacial score (nSPS) is 10.3. The number of carbonyl (C=O) groups excluding carboxylic acids is 1. The predicted octanol–water partition coefficient (Wildman–Crippen LogP) is 3.42. The van der Waals surface area contributed by atoms with Gasteiger partial charge in [0.1, 0.15) is 0 Å². The average Bonchev–Trinajstić information content (AvgIpc) is 2.54. The van der Waals surface area contributed by atoms with Crippen LogP contribution in [0.25, 0.3) is 0 Å². The van der Waals surface area contributed by atoms with Gasteiger partial charge in [0.05, 0.1) is 16.7 Å². The lowest BCUT2D eigenvalue weighted by molar-refractivity contribution is -0.123. The maximum Gasteiger partial charge on any atom is 0.290 e. The van der Waals surface area contributed by atoms with Gasteiger partial charge in [-0.05, 0) is 24.3 Å². The second-order valence-electron chi connectivity index (χ2n) is 3.91. The molecule has 1 amide bonds. The van der Waals surface area contributed by atoms with E-state index in [0.29, 0.717) is 16.4 Å². The molecule has 2 aromatic carbocycles. The Balaban J connectivity index is 1.89. The zero-order valence-corrected chi connectivity index (χ0v) is 11.0. The Labute approximate surface area is 120 Å². The molecule has 7 nitrogen and oxygen atoms in total. The van der Waals surface area contributed by atoms with Gasteiger partial charge in [0, 0.05) is 5.28 Å². The number of hydrogen-bond donors (Lipinski definition) is 0. The first kappa shape index (κ1) is 14.3. The van der Waals surface area contributed by atoms with Crippen molar-refractivity contribution in [3.8, 4) is 0 Å². The molecule has 0 aliphatic heterocycles. The van der Waals surface area contributed by atoms with Crippen molar-refractivity contribution in [2.45, 2.75) is 0 Å². The number of carbonyl (C=O) groups is 1. The molecular weight excluding hydrogens is 272 g/mol. The lowest BCUT2D eigenvalue weighted by Gasteiger charge is -2.11. The molecule has 2 aromatic rings. The van der Waals surface area contributed by atoms with Gasteiger partial charge < -0.3 is 4.84 Å². The maximum atomic E-state index is 11.8. The largest absolute Gasteiger partial charge is 0.369 e. The summed E-state index contributed by atoms with van der Waals surface area (Å²) in [5.74, 6) is -0.636. The van der Waals surface area contributed by atoms with Gasteiger partial charge in [-0.1, -0.05) is 36.4 Å². The Kier molecular flexibility index (Phi) is 5.11. The number of rotatable bonds is 6. The monoisotopic (exact) mass is 284 g/mol. The van der Waals surface area contributed by atoms with Gasteiger partial charge in [-0.15, -0.1) is 10.0 Å². The average molecular weight is 284 g/mol. The van der Waals surface area contributed by atoms with Gasteiger partial charge in [-0.25, -0.2) is 0 Å². The fourth-order valence-corrected chi connectivity index (χ4v) is 1.52. The van der Waals surface area contributed by atoms with Crippen molar-refractivity contribution in [3.63, 3.8) is 0 Å². The molecule has 0 radical (unpaired) electrons. The zero-order chi connectivity index (χ0) is 14.9. The Morgan fingerprint density at radius 2 is 1.62 bits per heavy atom. The molecule has 0 N–H and O–H groups in total. The number of anilines is 1. The van der Waals surface area contributed by atoms with Crippen LogP contribution in [0.4, 0.5) is 11.4 Å². The van der Waals surface area contributed by atoms with E-state index < -0.39 is 12.5 Å². The molecule has 0 unspecified atom stereocenters. The molecular formula is C14H12N4O3. The molecule has 0 atom stereocenters. The summed E-state index contributed by atoms with van der Waals surface area (Å²) in [4.78, 5) is 27.3. The van der Waals surface area contributed by atoms with Gasteiger partial charge in [-0.2, -0.15) is 5.01 Å². The number of amides is 1. The van der Waals surface area contributed by atoms with E-state index in [4.69, 9.17) is 4.84 Å². The van der Waals surface area contributed by atoms with Gasteiger partial charge in [0.2, 0.25) is 0 Å². The second-order valence-corrected chi connectivity index (χ2v) is 3.91. The lowest BCUT2D eigenvalue weighted by atomic mass is 10.3. The van der Waals surface area contributed by atoms with Gasteiger partial charge in [-0.3, -0.25) is 4.79 Å². The highest BCUT2D eigenvalue weighted by Gasteiger charge is 2.16. The summed E-state index contributed by atoms with van der Waals surface area (Å²) in [5.41, 5.74) is 0.958. The van der Waals surface area contributed by atoms with Gasteiger partial charge >= 0.3 is 0 Å². The topological polar surface area (TPSA) is 83.7 Å². The molecule has 0 saturated heterocycles. The summed E-state index contributed by atoms with van der Waals surface area (Å²) in [7, 11) is 0. The van der Waals surface area contributed by atoms with E-state index >= 15 is 0 Å². The summed E-state index contributed by atoms with van der Waals surface area (Å²) in [6.45, 7) is -0.434. The number of para-hydroxylation sites is 1. The van der Waals surface area contributed by atoms with Crippen LogP contribution in [-0.4, -0.2) is 12.5 Å². The summed E-state index contributed by atoms with van der Waals surface area (Å²) in [6.07, 6.45) is 0. The van der Waals surface area contributed by atoms with Crippen LogP contribution in [-0.2, 0) is 9.63 Å². The molecule has 0 bridgehead atoms. The molecule has 2 rings (SSSR count). The Morgan fingerprint density at radius 1 is 1.00 bits per heavy atom. The minimum absolute atomic E-state index is 0.362. The minimum Gasteiger partial charge on any atom is -0.369 e. The molecule has 106 valence electrons. The second kappa shape index (κ2) is 7.49. The van der Waals surface area contributed by atoms with Crippen LogP contribution >= 0.6 is 0 Å². The zero-order valence-electron chi connectivity index (χ0n) is 11.0. The number of nitroso groups, excluding NO2 is 1. The van der Waals surface area contributed by atoms with E-state index in [1.807, 2.05) is 6.07 Å². The number of hydrogen-bond acceptors (Lipinski definition) is 6. The van der Waals surface area contributed by atoms with E-state index in [1.54, 1.807) is 54.6 Å². The molecule has 0 aliphatic carbocycles. The highest BCUT2D eigenvalue weighted by atomic mass is 16.6. The van der Waals surface area contributed by atoms with Crippen LogP contribution in [0.5, 0.6) is 0 Å². The summed E-state index contributed by atoms with van der Waals surface area (Å²) in [6, 6.07) is 17.2. The molecule has 0 saturated carbocycles. The lowest BCUT2D eigenvalue weighted by Crippen LogP contribution is -2.28. The predicted molar refractivity (Wildman–Crippen MR) is 76.6 cm³/mol. The van der Waals surface area contributed by atoms with Crippen molar-refractivity contribution in [2.75, 3.05) is 11.6 Å². The minimum atomic E-state index is -0.636. The molecule has 21 heavy (non-hydrogen) atoms. The third kappa shape index (κ3) is 4.20. The Morgan fingerprint density at radius 3 is 2.24 bits per heavy atom. The standard InChI is InChI=1S/C14H12N4O3/c19-14(18(17-20)13-9-5-2-6-10-13)11-21-16-15-12-7-3-1-4-8-12/h1-10H,11H2. The third-order valence-electron chi connectivity index (χ3n) is 2.48. The van der Waals surface area contributed by atoms with Crippen LogP contribution in [0, 0.1) is 4.91 Å². The van der Waals surface area contributed by atoms with Gasteiger partial charge in [0.25, 0.3) is 5.91 Å². The fourth-order valence-electron chi connectivity index (χ4n) is 1.52. The third-order valence-corrected chi connectivity index (χ3v) is 2.48. The maximum absolute atomic E-state index is 11.8. The Bertz CT molecular complexity index is 617. The van der Waals surface area contributed by atoms with Crippen LogP contribution in [0.1, 0.15) is 0 Å². The first-order valence-corrected chi connectivity index (χ1v) is 6.10. The van der Waals surface area contributed by atoms with Crippen molar-refractivity contribution < 1.29 is 9.63 Å². The smallest absolute Gasteiger partial charge is 0.290 e. The first-order chi connectivity index (χ1) is 10.3. The van der Waals surface area contributed by atoms with E-state index in [0.717, 1.165) is 0 Å². The van der Waals surface area contributed by atoms with Gasteiger partial charge in [0.15, 0.2) is 6.61 Å². The molecule has 0 spiro atoms. The van der Waals surface area contributed by atoms with Crippen LogP contribution in [0.15, 0.2) is 76.3 Å². The first-order valence-electron chi connectivity index (χ1n) is 6.10. The number of benzene rings is 2. The van der Waals surface area contributed by atoms with E-state index in [1.165, 1.54) is 0 Å². The van der Waals surface area contributed by atoms with Crippen molar-refractivity contribution in [1.82, 2.24) is 0 Å². The molecule has 7 heteroatoms. The van der Waals surface area contributed by atoms with Crippen LogP contribution in [0.3, 0.4) is 0 Å². The van der Waals surface area contributed by atoms with Crippen LogP contribution in [0.2, 0.25) is 0 Å². The highest BCUT2D eigenvalue weighted by molar-refractivity contribution is 5.93. The van der Waals surface area contributed by atoms with Crippen LogP contribution < -0.4 is 5.01 Å². The van der Waals surface area contributed by atoms with E-state index in [-0.39, 0.29) is 0 Å².